The van der Waals surface area contributed by atoms with Crippen LogP contribution in [0.2, 0.25) is 0 Å². The number of carboxylic acid groups (broad SMARTS) is 1. The van der Waals surface area contributed by atoms with Crippen molar-refractivity contribution in [3.63, 3.8) is 0 Å². The van der Waals surface area contributed by atoms with E-state index in [-0.39, 0.29) is 23.8 Å². The summed E-state index contributed by atoms with van der Waals surface area (Å²) >= 11 is 0. The molecule has 0 aliphatic heterocycles. The zero-order valence-corrected chi connectivity index (χ0v) is 11.1. The minimum atomic E-state index is -1.09. The molecule has 2 rings (SSSR count). The van der Waals surface area contributed by atoms with Gasteiger partial charge in [-0.25, -0.2) is 9.78 Å². The average molecular weight is 278 g/mol. The number of carbonyl (C=O) groups excluding carboxylic acids is 1. The summed E-state index contributed by atoms with van der Waals surface area (Å²) in [5, 5.41) is 8.91. The molecule has 0 spiro atoms. The van der Waals surface area contributed by atoms with E-state index >= 15 is 0 Å². The van der Waals surface area contributed by atoms with Crippen LogP contribution in [0, 0.1) is 0 Å². The Morgan fingerprint density at radius 2 is 2.05 bits per heavy atom. The Morgan fingerprint density at radius 3 is 2.55 bits per heavy atom. The first kappa shape index (κ1) is 14.1. The van der Waals surface area contributed by atoms with Crippen LogP contribution >= 0.6 is 0 Å². The molecule has 0 bridgehead atoms. The number of carboxylic acids is 1. The molecule has 1 fully saturated rings. The number of carbonyl (C=O) groups is 2. The molecule has 0 aromatic carbocycles. The van der Waals surface area contributed by atoms with Gasteiger partial charge in [0, 0.05) is 12.2 Å². The molecule has 0 saturated heterocycles. The smallest absolute Gasteiger partial charge is 0.337 e. The molecule has 1 aliphatic rings. The third kappa shape index (κ3) is 2.98. The van der Waals surface area contributed by atoms with Crippen molar-refractivity contribution in [1.29, 1.82) is 0 Å². The van der Waals surface area contributed by atoms with Crippen molar-refractivity contribution in [2.24, 2.45) is 5.73 Å². The molecule has 7 heteroatoms. The van der Waals surface area contributed by atoms with Crippen molar-refractivity contribution in [3.05, 3.63) is 17.8 Å². The fourth-order valence-corrected chi connectivity index (χ4v) is 2.59. The van der Waals surface area contributed by atoms with Crippen LogP contribution in [-0.4, -0.2) is 34.6 Å². The minimum absolute atomic E-state index is 0.0247. The number of rotatable bonds is 5. The van der Waals surface area contributed by atoms with Gasteiger partial charge in [0.2, 0.25) is 5.91 Å². The van der Waals surface area contributed by atoms with Crippen LogP contribution in [0.4, 0.5) is 11.5 Å². The third-order valence-electron chi connectivity index (χ3n) is 3.51. The number of primary amides is 1. The SMILES string of the molecule is NC(=O)CN(c1ncc(C(=O)O)cc1N)C1CCCC1. The van der Waals surface area contributed by atoms with E-state index < -0.39 is 11.9 Å². The lowest BCUT2D eigenvalue weighted by atomic mass is 10.2. The molecule has 7 nitrogen and oxygen atoms in total. The summed E-state index contributed by atoms with van der Waals surface area (Å²) in [5.74, 6) is -1.11. The van der Waals surface area contributed by atoms with Crippen molar-refractivity contribution in [3.8, 4) is 0 Å². The van der Waals surface area contributed by atoms with Crippen LogP contribution < -0.4 is 16.4 Å². The molecule has 20 heavy (non-hydrogen) atoms. The zero-order valence-electron chi connectivity index (χ0n) is 11.1. The lowest BCUT2D eigenvalue weighted by Crippen LogP contribution is -2.41. The highest BCUT2D eigenvalue weighted by atomic mass is 16.4. The third-order valence-corrected chi connectivity index (χ3v) is 3.51. The molecule has 1 saturated carbocycles. The average Bonchev–Trinajstić information content (AvgIpc) is 2.89. The van der Waals surface area contributed by atoms with Crippen molar-refractivity contribution in [2.75, 3.05) is 17.2 Å². The molecule has 0 radical (unpaired) electrons. The minimum Gasteiger partial charge on any atom is -0.478 e. The fourth-order valence-electron chi connectivity index (χ4n) is 2.59. The van der Waals surface area contributed by atoms with Gasteiger partial charge in [-0.05, 0) is 18.9 Å². The van der Waals surface area contributed by atoms with Crippen molar-refractivity contribution in [1.82, 2.24) is 4.98 Å². The van der Waals surface area contributed by atoms with Crippen molar-refractivity contribution < 1.29 is 14.7 Å². The largest absolute Gasteiger partial charge is 0.478 e. The normalized spacial score (nSPS) is 15.2. The Labute approximate surface area is 116 Å². The lowest BCUT2D eigenvalue weighted by molar-refractivity contribution is -0.116. The molecule has 1 aromatic heterocycles. The second-order valence-electron chi connectivity index (χ2n) is 4.97. The quantitative estimate of drug-likeness (QED) is 0.724. The van der Waals surface area contributed by atoms with E-state index in [9.17, 15) is 9.59 Å². The number of amides is 1. The summed E-state index contributed by atoms with van der Waals surface area (Å²) in [6.07, 6.45) is 5.33. The summed E-state index contributed by atoms with van der Waals surface area (Å²) < 4.78 is 0. The first-order valence-corrected chi connectivity index (χ1v) is 6.53. The highest BCUT2D eigenvalue weighted by Gasteiger charge is 2.26. The molecular formula is C13H18N4O3. The maximum absolute atomic E-state index is 11.2. The molecule has 1 aliphatic carbocycles. The topological polar surface area (TPSA) is 123 Å². The van der Waals surface area contributed by atoms with E-state index in [1.54, 1.807) is 4.90 Å². The summed E-state index contributed by atoms with van der Waals surface area (Å²) in [6, 6.07) is 1.53. The number of nitrogen functional groups attached to an aromatic ring is 1. The number of nitrogens with two attached hydrogens (primary N) is 2. The summed E-state index contributed by atoms with van der Waals surface area (Å²) in [4.78, 5) is 28.0. The molecule has 108 valence electrons. The van der Waals surface area contributed by atoms with Gasteiger partial charge in [0.15, 0.2) is 5.82 Å². The van der Waals surface area contributed by atoms with Crippen LogP contribution in [0.5, 0.6) is 0 Å². The van der Waals surface area contributed by atoms with Gasteiger partial charge >= 0.3 is 5.97 Å². The number of aromatic carboxylic acids is 1. The van der Waals surface area contributed by atoms with Gasteiger partial charge in [-0.15, -0.1) is 0 Å². The van der Waals surface area contributed by atoms with E-state index in [2.05, 4.69) is 4.98 Å². The van der Waals surface area contributed by atoms with Crippen LogP contribution in [0.1, 0.15) is 36.0 Å². The molecular weight excluding hydrogens is 260 g/mol. The van der Waals surface area contributed by atoms with E-state index in [4.69, 9.17) is 16.6 Å². The number of hydrogen-bond acceptors (Lipinski definition) is 5. The zero-order chi connectivity index (χ0) is 14.7. The number of pyridine rings is 1. The van der Waals surface area contributed by atoms with Crippen LogP contribution in [0.15, 0.2) is 12.3 Å². The van der Waals surface area contributed by atoms with Gasteiger partial charge in [0.25, 0.3) is 0 Å². The molecule has 5 N–H and O–H groups in total. The highest BCUT2D eigenvalue weighted by Crippen LogP contribution is 2.30. The highest BCUT2D eigenvalue weighted by molar-refractivity contribution is 5.89. The molecule has 0 unspecified atom stereocenters. The second kappa shape index (κ2) is 5.77. The van der Waals surface area contributed by atoms with E-state index in [1.165, 1.54) is 12.3 Å². The van der Waals surface area contributed by atoms with E-state index in [0.29, 0.717) is 5.82 Å². The Kier molecular flexibility index (Phi) is 4.07. The summed E-state index contributed by atoms with van der Waals surface area (Å²) in [5.41, 5.74) is 11.4. The van der Waals surface area contributed by atoms with E-state index in [0.717, 1.165) is 25.7 Å². The van der Waals surface area contributed by atoms with Crippen LogP contribution in [-0.2, 0) is 4.79 Å². The number of nitrogens with zero attached hydrogens (tertiary/aromatic N) is 2. The number of aromatic nitrogens is 1. The summed E-state index contributed by atoms with van der Waals surface area (Å²) in [7, 11) is 0. The predicted octanol–water partition coefficient (Wildman–Crippen LogP) is 0.596. The predicted molar refractivity (Wildman–Crippen MR) is 74.4 cm³/mol. The summed E-state index contributed by atoms with van der Waals surface area (Å²) in [6.45, 7) is 0.0360. The van der Waals surface area contributed by atoms with Gasteiger partial charge in [0.05, 0.1) is 17.8 Å². The van der Waals surface area contributed by atoms with Gasteiger partial charge in [-0.1, -0.05) is 12.8 Å². The van der Waals surface area contributed by atoms with Crippen molar-refractivity contribution in [2.45, 2.75) is 31.7 Å². The van der Waals surface area contributed by atoms with Gasteiger partial charge < -0.3 is 21.5 Å². The molecule has 1 aromatic rings. The monoisotopic (exact) mass is 278 g/mol. The first-order chi connectivity index (χ1) is 9.49. The van der Waals surface area contributed by atoms with Crippen molar-refractivity contribution >= 4 is 23.4 Å². The van der Waals surface area contributed by atoms with Gasteiger partial charge in [-0.3, -0.25) is 4.79 Å². The molecule has 1 heterocycles. The van der Waals surface area contributed by atoms with Gasteiger partial charge in [0.1, 0.15) is 0 Å². The van der Waals surface area contributed by atoms with Gasteiger partial charge in [-0.2, -0.15) is 0 Å². The van der Waals surface area contributed by atoms with Crippen LogP contribution in [0.3, 0.4) is 0 Å². The first-order valence-electron chi connectivity index (χ1n) is 6.53. The maximum Gasteiger partial charge on any atom is 0.337 e. The fraction of sp³-hybridized carbons (Fsp3) is 0.462. The Morgan fingerprint density at radius 1 is 1.40 bits per heavy atom. The number of hydrogen-bond donors (Lipinski definition) is 3. The molecule has 0 atom stereocenters. The Balaban J connectivity index is 2.32. The second-order valence-corrected chi connectivity index (χ2v) is 4.97. The standard InChI is InChI=1S/C13H18N4O3/c14-10-5-8(13(19)20)6-16-12(10)17(7-11(15)18)9-3-1-2-4-9/h5-6,9H,1-4,7,14H2,(H2,15,18)(H,19,20). The van der Waals surface area contributed by atoms with E-state index in [1.807, 2.05) is 0 Å². The Hall–Kier alpha value is -2.31. The lowest BCUT2D eigenvalue weighted by Gasteiger charge is -2.29. The Bertz CT molecular complexity index is 526. The van der Waals surface area contributed by atoms with Crippen LogP contribution in [0.25, 0.3) is 0 Å². The maximum atomic E-state index is 11.2. The molecule has 1 amide bonds. The number of anilines is 2.